The number of alkyl halides is 3. The largest absolute Gasteiger partial charge is 0.489 e. The Bertz CT molecular complexity index is 1080. The zero-order valence-electron chi connectivity index (χ0n) is 22.1. The minimum absolute atomic E-state index is 0.0539. The maximum Gasteiger partial charge on any atom is 0.432 e. The zero-order valence-corrected chi connectivity index (χ0v) is 22.9. The van der Waals surface area contributed by atoms with Gasteiger partial charge < -0.3 is 9.84 Å². The van der Waals surface area contributed by atoms with Gasteiger partial charge in [0.05, 0.1) is 0 Å². The highest BCUT2D eigenvalue weighted by molar-refractivity contribution is 6.31. The lowest BCUT2D eigenvalue weighted by Gasteiger charge is -2.10. The molecule has 206 valence electrons. The van der Waals surface area contributed by atoms with Gasteiger partial charge in [-0.15, -0.1) is 0 Å². The smallest absolute Gasteiger partial charge is 0.432 e. The molecule has 2 aromatic carbocycles. The van der Waals surface area contributed by atoms with Crippen LogP contribution in [-0.4, -0.2) is 37.1 Å². The van der Waals surface area contributed by atoms with Gasteiger partial charge in [0.15, 0.2) is 0 Å². The normalized spacial score (nSPS) is 12.2. The molecule has 0 heterocycles. The van der Waals surface area contributed by atoms with Crippen LogP contribution in [-0.2, 0) is 4.79 Å². The summed E-state index contributed by atoms with van der Waals surface area (Å²) in [5.74, 6) is 0.582. The number of nitrogens with zero attached hydrogens (tertiary/aromatic N) is 1. The Labute approximate surface area is 228 Å². The van der Waals surface area contributed by atoms with Gasteiger partial charge in [0.25, 0.3) is 6.47 Å². The lowest BCUT2D eigenvalue weighted by molar-refractivity contribution is -0.122. The van der Waals surface area contributed by atoms with Crippen molar-refractivity contribution in [3.05, 3.63) is 107 Å². The molecular formula is C30H35ClF3NO3. The minimum atomic E-state index is -4.46. The number of carbonyl (C=O) groups is 1. The first-order valence-corrected chi connectivity index (χ1v) is 12.1. The first-order valence-electron chi connectivity index (χ1n) is 11.8. The fourth-order valence-electron chi connectivity index (χ4n) is 2.76. The number of halogens is 4. The molecule has 4 nitrogen and oxygen atoms in total. The van der Waals surface area contributed by atoms with Crippen LogP contribution in [0.15, 0.2) is 96.1 Å². The monoisotopic (exact) mass is 549 g/mol. The quantitative estimate of drug-likeness (QED) is 0.193. The first kappa shape index (κ1) is 34.4. The van der Waals surface area contributed by atoms with Crippen LogP contribution in [0.3, 0.4) is 0 Å². The van der Waals surface area contributed by atoms with Crippen molar-refractivity contribution in [2.75, 3.05) is 13.7 Å². The van der Waals surface area contributed by atoms with Crippen molar-refractivity contribution in [2.24, 2.45) is 4.99 Å². The highest BCUT2D eigenvalue weighted by atomic mass is 35.5. The van der Waals surface area contributed by atoms with E-state index in [1.807, 2.05) is 55.5 Å². The maximum atomic E-state index is 12.7. The predicted octanol–water partition coefficient (Wildman–Crippen LogP) is 8.92. The van der Waals surface area contributed by atoms with Gasteiger partial charge in [0.2, 0.25) is 0 Å². The van der Waals surface area contributed by atoms with Crippen molar-refractivity contribution in [1.29, 1.82) is 0 Å². The average molecular weight is 550 g/mol. The molecule has 0 radical (unpaired) electrons. The number of hydrogen-bond acceptors (Lipinski definition) is 3. The molecule has 0 unspecified atom stereocenters. The summed E-state index contributed by atoms with van der Waals surface area (Å²) in [7, 11) is 1.12. The number of benzene rings is 2. The van der Waals surface area contributed by atoms with E-state index in [9.17, 15) is 13.2 Å². The number of aryl methyl sites for hydroxylation is 1. The molecule has 1 N–H and O–H groups in total. The molecule has 8 heteroatoms. The summed E-state index contributed by atoms with van der Waals surface area (Å²) in [5.41, 5.74) is 2.62. The molecule has 0 aliphatic carbocycles. The van der Waals surface area contributed by atoms with Gasteiger partial charge in [-0.2, -0.15) is 13.2 Å². The van der Waals surface area contributed by atoms with Crippen molar-refractivity contribution in [3.8, 4) is 5.75 Å². The van der Waals surface area contributed by atoms with Crippen molar-refractivity contribution in [1.82, 2.24) is 0 Å². The lowest BCUT2D eigenvalue weighted by Crippen LogP contribution is -2.21. The molecule has 38 heavy (non-hydrogen) atoms. The van der Waals surface area contributed by atoms with Gasteiger partial charge in [-0.25, -0.2) is 0 Å². The Morgan fingerprint density at radius 1 is 1.16 bits per heavy atom. The lowest BCUT2D eigenvalue weighted by atomic mass is 10.1. The fraction of sp³-hybridized carbons (Fsp3) is 0.267. The van der Waals surface area contributed by atoms with Crippen LogP contribution >= 0.6 is 11.6 Å². The van der Waals surface area contributed by atoms with Crippen LogP contribution in [0.5, 0.6) is 5.75 Å². The molecule has 0 saturated carbocycles. The fourth-order valence-corrected chi connectivity index (χ4v) is 2.89. The summed E-state index contributed by atoms with van der Waals surface area (Å²) in [6.07, 6.45) is 6.54. The number of allylic oxidation sites excluding steroid dienone is 6. The van der Waals surface area contributed by atoms with Crippen molar-refractivity contribution in [3.63, 3.8) is 0 Å². The second kappa shape index (κ2) is 19.5. The number of aliphatic imine (C=N–C) groups is 1. The van der Waals surface area contributed by atoms with E-state index in [0.29, 0.717) is 11.3 Å². The topological polar surface area (TPSA) is 58.9 Å². The van der Waals surface area contributed by atoms with Crippen LogP contribution < -0.4 is 4.74 Å². The Hall–Kier alpha value is -3.58. The van der Waals surface area contributed by atoms with Crippen molar-refractivity contribution >= 4 is 29.4 Å². The van der Waals surface area contributed by atoms with Gasteiger partial charge in [0, 0.05) is 12.1 Å². The second-order valence-corrected chi connectivity index (χ2v) is 8.22. The van der Waals surface area contributed by atoms with E-state index in [1.165, 1.54) is 0 Å². The molecule has 2 aromatic rings. The predicted molar refractivity (Wildman–Crippen MR) is 152 cm³/mol. The van der Waals surface area contributed by atoms with Crippen molar-refractivity contribution in [2.45, 2.75) is 39.8 Å². The van der Waals surface area contributed by atoms with Crippen LogP contribution in [0.1, 0.15) is 37.8 Å². The summed E-state index contributed by atoms with van der Waals surface area (Å²) in [6.45, 7) is 9.32. The number of carboxylic acid groups (broad SMARTS) is 1. The van der Waals surface area contributed by atoms with Gasteiger partial charge >= 0.3 is 6.18 Å². The summed E-state index contributed by atoms with van der Waals surface area (Å²) in [6, 6.07) is 15.1. The highest BCUT2D eigenvalue weighted by Crippen LogP contribution is 2.21. The molecule has 0 atom stereocenters. The maximum absolute atomic E-state index is 12.7. The van der Waals surface area contributed by atoms with E-state index in [4.69, 9.17) is 26.2 Å². The molecule has 0 aromatic heterocycles. The van der Waals surface area contributed by atoms with E-state index in [0.717, 1.165) is 47.7 Å². The number of ether oxygens (including phenoxy) is 1. The molecular weight excluding hydrogens is 515 g/mol. The molecule has 0 bridgehead atoms. The molecule has 2 rings (SSSR count). The molecule has 0 amide bonds. The third-order valence-electron chi connectivity index (χ3n) is 4.73. The summed E-state index contributed by atoms with van der Waals surface area (Å²) >= 11 is 5.71. The van der Waals surface area contributed by atoms with Crippen LogP contribution in [0.4, 0.5) is 13.2 Å². The molecule has 0 fully saturated rings. The number of unbranched alkanes of at least 4 members (excludes halogenated alkanes) is 1. The molecule has 0 aliphatic heterocycles. The van der Waals surface area contributed by atoms with Crippen LogP contribution in [0.2, 0.25) is 5.02 Å². The van der Waals surface area contributed by atoms with Gasteiger partial charge in [-0.1, -0.05) is 86.2 Å². The number of rotatable bonds is 9. The van der Waals surface area contributed by atoms with E-state index in [2.05, 4.69) is 24.6 Å². The second-order valence-electron chi connectivity index (χ2n) is 7.81. The van der Waals surface area contributed by atoms with E-state index in [-0.39, 0.29) is 13.1 Å². The minimum Gasteiger partial charge on any atom is -0.489 e. The van der Waals surface area contributed by atoms with Crippen molar-refractivity contribution < 1.29 is 27.8 Å². The SMILES string of the molecule is C=C/C(=C\C=C/CCC)c1ccc(OC/C(C)=C/C(=NC)C(F)(F)F)cc1.Cc1ccccc1Cl.O=CO. The Balaban J connectivity index is 0.00000103. The third-order valence-corrected chi connectivity index (χ3v) is 5.16. The summed E-state index contributed by atoms with van der Waals surface area (Å²) < 4.78 is 43.6. The van der Waals surface area contributed by atoms with Crippen LogP contribution in [0.25, 0.3) is 5.57 Å². The van der Waals surface area contributed by atoms with Gasteiger partial charge in [-0.05, 0) is 66.8 Å². The molecule has 0 aliphatic rings. The van der Waals surface area contributed by atoms with Gasteiger partial charge in [0.1, 0.15) is 18.1 Å². The van der Waals surface area contributed by atoms with E-state index >= 15 is 0 Å². The highest BCUT2D eigenvalue weighted by Gasteiger charge is 2.33. The average Bonchev–Trinajstić information content (AvgIpc) is 2.88. The summed E-state index contributed by atoms with van der Waals surface area (Å²) in [4.78, 5) is 11.6. The zero-order chi connectivity index (χ0) is 29.0. The molecule has 0 saturated heterocycles. The van der Waals surface area contributed by atoms with Crippen LogP contribution in [0, 0.1) is 6.92 Å². The third kappa shape index (κ3) is 14.9. The standard InChI is InChI=1S/C22H26F3NO.C7H7Cl.CH2O2/c1-5-7-8-9-10-18(6-2)19-11-13-20(14-12-19)27-16-17(3)15-21(26-4)22(23,24)25;1-6-4-2-3-5-7(6)8;2-1-3/h6,8-15H,2,5,7,16H2,1,3-4H3;2-5H,1H3;1H,(H,2,3)/b9-8-,17-15+,18-10+,26-21?;;. The molecule has 0 spiro atoms. The number of hydrogen-bond donors (Lipinski definition) is 1. The summed E-state index contributed by atoms with van der Waals surface area (Å²) in [5, 5.41) is 7.73. The Morgan fingerprint density at radius 3 is 2.21 bits per heavy atom. The van der Waals surface area contributed by atoms with Gasteiger partial charge in [-0.3, -0.25) is 9.79 Å². The Morgan fingerprint density at radius 2 is 1.76 bits per heavy atom. The first-order chi connectivity index (χ1) is 18.0. The Kier molecular flexibility index (Phi) is 17.7. The van der Waals surface area contributed by atoms with E-state index < -0.39 is 11.9 Å². The van der Waals surface area contributed by atoms with E-state index in [1.54, 1.807) is 25.1 Å².